The predicted octanol–water partition coefficient (Wildman–Crippen LogP) is 0.339. The van der Waals surface area contributed by atoms with Crippen molar-refractivity contribution in [3.05, 3.63) is 0 Å². The summed E-state index contributed by atoms with van der Waals surface area (Å²) in [6.07, 6.45) is 1.22. The van der Waals surface area contributed by atoms with Gasteiger partial charge >= 0.3 is 5.97 Å². The highest BCUT2D eigenvalue weighted by atomic mass is 16.6. The zero-order valence-corrected chi connectivity index (χ0v) is 5.37. The number of oxime groups is 1. The fraction of sp³-hybridized carbons (Fsp3) is 0.600. The highest BCUT2D eigenvalue weighted by Gasteiger charge is 2.05. The Hall–Kier alpha value is -1.06. The van der Waals surface area contributed by atoms with E-state index < -0.39 is 11.9 Å². The first kappa shape index (κ1) is 7.94. The average Bonchev–Trinajstić information content (AvgIpc) is 1.82. The van der Waals surface area contributed by atoms with Crippen LogP contribution in [-0.4, -0.2) is 24.4 Å². The van der Waals surface area contributed by atoms with E-state index in [0.717, 1.165) is 0 Å². The van der Waals surface area contributed by atoms with Crippen molar-refractivity contribution in [2.24, 2.45) is 11.1 Å². The van der Waals surface area contributed by atoms with E-state index in [0.29, 0.717) is 0 Å². The summed E-state index contributed by atoms with van der Waals surface area (Å²) < 4.78 is 0. The van der Waals surface area contributed by atoms with Crippen molar-refractivity contribution in [2.75, 3.05) is 7.11 Å². The summed E-state index contributed by atoms with van der Waals surface area (Å²) in [5, 5.41) is 11.5. The van der Waals surface area contributed by atoms with Crippen LogP contribution in [0.5, 0.6) is 0 Å². The topological polar surface area (TPSA) is 58.9 Å². The Labute approximate surface area is 53.1 Å². The van der Waals surface area contributed by atoms with Gasteiger partial charge < -0.3 is 9.94 Å². The van der Waals surface area contributed by atoms with Crippen molar-refractivity contribution >= 4 is 12.2 Å². The number of aliphatic carboxylic acids is 1. The molecule has 0 aliphatic rings. The van der Waals surface area contributed by atoms with Crippen LogP contribution in [0.15, 0.2) is 5.16 Å². The lowest BCUT2D eigenvalue weighted by Crippen LogP contribution is -2.10. The van der Waals surface area contributed by atoms with Gasteiger partial charge in [0.25, 0.3) is 0 Å². The molecule has 1 N–H and O–H groups in total. The molecule has 0 saturated heterocycles. The Morgan fingerprint density at radius 1 is 1.89 bits per heavy atom. The third kappa shape index (κ3) is 3.52. The standard InChI is InChI=1S/C5H9NO3/c1-4(5(7)8)3-6-9-2/h3-4H,1-2H3,(H,7,8). The highest BCUT2D eigenvalue weighted by Crippen LogP contribution is 1.88. The van der Waals surface area contributed by atoms with Crippen molar-refractivity contribution in [3.8, 4) is 0 Å². The number of hydrogen-bond acceptors (Lipinski definition) is 3. The minimum atomic E-state index is -0.907. The highest BCUT2D eigenvalue weighted by molar-refractivity contribution is 5.87. The maximum Gasteiger partial charge on any atom is 0.311 e. The molecule has 0 aliphatic heterocycles. The molecule has 0 aromatic heterocycles. The molecular weight excluding hydrogens is 122 g/mol. The summed E-state index contributed by atoms with van der Waals surface area (Å²) in [4.78, 5) is 14.3. The lowest BCUT2D eigenvalue weighted by atomic mass is 10.2. The fourth-order valence-corrected chi connectivity index (χ4v) is 0.216. The lowest BCUT2D eigenvalue weighted by Gasteiger charge is -1.93. The first-order valence-corrected chi connectivity index (χ1v) is 2.48. The van der Waals surface area contributed by atoms with E-state index in [4.69, 9.17) is 5.11 Å². The van der Waals surface area contributed by atoms with E-state index in [1.165, 1.54) is 20.2 Å². The maximum absolute atomic E-state index is 10.1. The molecule has 0 aromatic rings. The SMILES string of the molecule is CON=CC(C)C(=O)O. The Morgan fingerprint density at radius 2 is 2.44 bits per heavy atom. The second kappa shape index (κ2) is 3.88. The second-order valence-electron chi connectivity index (χ2n) is 1.56. The zero-order valence-electron chi connectivity index (χ0n) is 5.37. The summed E-state index contributed by atoms with van der Waals surface area (Å²) in [5.74, 6) is -1.49. The minimum absolute atomic E-state index is 0.579. The van der Waals surface area contributed by atoms with E-state index in [1.807, 2.05) is 0 Å². The number of nitrogens with zero attached hydrogens (tertiary/aromatic N) is 1. The van der Waals surface area contributed by atoms with Crippen LogP contribution in [0, 0.1) is 5.92 Å². The molecule has 0 saturated carbocycles. The molecule has 9 heavy (non-hydrogen) atoms. The molecule has 0 amide bonds. The van der Waals surface area contributed by atoms with Gasteiger partial charge in [0.15, 0.2) is 0 Å². The van der Waals surface area contributed by atoms with Crippen LogP contribution in [0.25, 0.3) is 0 Å². The molecule has 4 heteroatoms. The summed E-state index contributed by atoms with van der Waals surface area (Å²) in [6.45, 7) is 1.52. The molecule has 4 nitrogen and oxygen atoms in total. The number of carbonyl (C=O) groups is 1. The van der Waals surface area contributed by atoms with E-state index in [9.17, 15) is 4.79 Å². The van der Waals surface area contributed by atoms with Gasteiger partial charge in [0, 0.05) is 0 Å². The molecular formula is C5H9NO3. The van der Waals surface area contributed by atoms with Gasteiger partial charge in [0.2, 0.25) is 0 Å². The molecule has 1 unspecified atom stereocenters. The van der Waals surface area contributed by atoms with E-state index in [-0.39, 0.29) is 0 Å². The summed E-state index contributed by atoms with van der Waals surface area (Å²) in [6, 6.07) is 0. The third-order valence-electron chi connectivity index (χ3n) is 0.779. The van der Waals surface area contributed by atoms with Crippen molar-refractivity contribution in [1.82, 2.24) is 0 Å². The molecule has 0 heterocycles. The zero-order chi connectivity index (χ0) is 7.28. The van der Waals surface area contributed by atoms with Crippen LogP contribution in [0.3, 0.4) is 0 Å². The van der Waals surface area contributed by atoms with Crippen LogP contribution < -0.4 is 0 Å². The Kier molecular flexibility index (Phi) is 3.43. The molecule has 1 atom stereocenters. The van der Waals surface area contributed by atoms with E-state index >= 15 is 0 Å². The van der Waals surface area contributed by atoms with Gasteiger partial charge in [-0.05, 0) is 6.92 Å². The van der Waals surface area contributed by atoms with Gasteiger partial charge in [0.1, 0.15) is 7.11 Å². The van der Waals surface area contributed by atoms with E-state index in [2.05, 4.69) is 9.99 Å². The van der Waals surface area contributed by atoms with Crippen LogP contribution in [0.2, 0.25) is 0 Å². The van der Waals surface area contributed by atoms with Crippen LogP contribution in [0.1, 0.15) is 6.92 Å². The lowest BCUT2D eigenvalue weighted by molar-refractivity contribution is -0.138. The first-order chi connectivity index (χ1) is 4.18. The van der Waals surface area contributed by atoms with Crippen molar-refractivity contribution in [2.45, 2.75) is 6.92 Å². The number of carboxylic acids is 1. The third-order valence-corrected chi connectivity index (χ3v) is 0.779. The maximum atomic E-state index is 10.1. The number of rotatable bonds is 3. The van der Waals surface area contributed by atoms with Gasteiger partial charge in [-0.1, -0.05) is 5.16 Å². The number of carboxylic acid groups (broad SMARTS) is 1. The monoisotopic (exact) mass is 131 g/mol. The van der Waals surface area contributed by atoms with Crippen LogP contribution in [0.4, 0.5) is 0 Å². The molecule has 0 rings (SSSR count). The van der Waals surface area contributed by atoms with Crippen molar-refractivity contribution in [1.29, 1.82) is 0 Å². The van der Waals surface area contributed by atoms with Crippen molar-refractivity contribution in [3.63, 3.8) is 0 Å². The van der Waals surface area contributed by atoms with Crippen molar-refractivity contribution < 1.29 is 14.7 Å². The molecule has 0 fully saturated rings. The second-order valence-corrected chi connectivity index (χ2v) is 1.56. The molecule has 0 radical (unpaired) electrons. The summed E-state index contributed by atoms with van der Waals surface area (Å²) in [5.41, 5.74) is 0. The predicted molar refractivity (Wildman–Crippen MR) is 32.3 cm³/mol. The first-order valence-electron chi connectivity index (χ1n) is 2.48. The Bertz CT molecular complexity index is 121. The smallest absolute Gasteiger partial charge is 0.311 e. The van der Waals surface area contributed by atoms with Gasteiger partial charge in [-0.2, -0.15) is 0 Å². The van der Waals surface area contributed by atoms with Crippen LogP contribution in [-0.2, 0) is 9.63 Å². The largest absolute Gasteiger partial charge is 0.481 e. The summed E-state index contributed by atoms with van der Waals surface area (Å²) >= 11 is 0. The quantitative estimate of drug-likeness (QED) is 0.443. The molecule has 0 bridgehead atoms. The molecule has 0 aliphatic carbocycles. The normalized spacial score (nSPS) is 13.6. The van der Waals surface area contributed by atoms with Gasteiger partial charge in [-0.15, -0.1) is 0 Å². The minimum Gasteiger partial charge on any atom is -0.481 e. The van der Waals surface area contributed by atoms with E-state index in [1.54, 1.807) is 0 Å². The average molecular weight is 131 g/mol. The number of hydrogen-bond donors (Lipinski definition) is 1. The molecule has 52 valence electrons. The Balaban J connectivity index is 3.62. The van der Waals surface area contributed by atoms with Gasteiger partial charge in [-0.3, -0.25) is 4.79 Å². The van der Waals surface area contributed by atoms with Gasteiger partial charge in [0.05, 0.1) is 12.1 Å². The van der Waals surface area contributed by atoms with Crippen LogP contribution >= 0.6 is 0 Å². The molecule has 0 spiro atoms. The Morgan fingerprint density at radius 3 is 2.78 bits per heavy atom. The molecule has 0 aromatic carbocycles. The summed E-state index contributed by atoms with van der Waals surface area (Å²) in [7, 11) is 1.37. The fourth-order valence-electron chi connectivity index (χ4n) is 0.216. The van der Waals surface area contributed by atoms with Gasteiger partial charge in [-0.25, -0.2) is 0 Å².